The first-order valence-corrected chi connectivity index (χ1v) is 11.1. The van der Waals surface area contributed by atoms with Gasteiger partial charge in [0.05, 0.1) is 16.1 Å². The number of likely N-dealkylation sites (tertiary alicyclic amines) is 1. The normalized spacial score (nSPS) is 13.8. The van der Waals surface area contributed by atoms with Crippen molar-refractivity contribution >= 4 is 46.0 Å². The number of carbonyl (C=O) groups excluding carboxylic acids is 1. The van der Waals surface area contributed by atoms with E-state index in [2.05, 4.69) is 20.3 Å². The van der Waals surface area contributed by atoms with E-state index in [9.17, 15) is 14.8 Å². The molecule has 0 spiro atoms. The number of amidine groups is 1. The molecular formula is C23H23ClN6O4. The average molecular weight is 483 g/mol. The second-order valence-electron chi connectivity index (χ2n) is 7.80. The van der Waals surface area contributed by atoms with Crippen LogP contribution in [0.15, 0.2) is 47.7 Å². The number of aromatic nitrogens is 2. The van der Waals surface area contributed by atoms with Gasteiger partial charge in [-0.05, 0) is 36.6 Å². The number of benzene rings is 2. The SMILES string of the molecule is O=C(O)CN=C(NO)c1cccc(CNc2ncnc3cc(C(=O)N4CCCC4)c(Cl)cc23)c1. The van der Waals surface area contributed by atoms with Crippen molar-refractivity contribution in [2.24, 2.45) is 4.99 Å². The Bertz CT molecular complexity index is 1260. The van der Waals surface area contributed by atoms with Crippen molar-refractivity contribution in [3.8, 4) is 0 Å². The number of carbonyl (C=O) groups is 2. The zero-order valence-electron chi connectivity index (χ0n) is 18.2. The van der Waals surface area contributed by atoms with Gasteiger partial charge >= 0.3 is 5.97 Å². The van der Waals surface area contributed by atoms with Gasteiger partial charge in [0.2, 0.25) is 0 Å². The molecule has 0 saturated carbocycles. The molecule has 10 nitrogen and oxygen atoms in total. The minimum atomic E-state index is -1.11. The van der Waals surface area contributed by atoms with Crippen molar-refractivity contribution in [1.82, 2.24) is 20.3 Å². The Labute approximate surface area is 200 Å². The molecule has 0 aliphatic carbocycles. The largest absolute Gasteiger partial charge is 0.480 e. The number of hydroxylamine groups is 1. The Hall–Kier alpha value is -3.76. The van der Waals surface area contributed by atoms with E-state index >= 15 is 0 Å². The monoisotopic (exact) mass is 482 g/mol. The maximum atomic E-state index is 12.8. The zero-order chi connectivity index (χ0) is 24.1. The topological polar surface area (TPSA) is 140 Å². The minimum Gasteiger partial charge on any atom is -0.480 e. The van der Waals surface area contributed by atoms with Crippen LogP contribution in [0.4, 0.5) is 5.82 Å². The average Bonchev–Trinajstić information content (AvgIpc) is 3.37. The third-order valence-electron chi connectivity index (χ3n) is 5.49. The highest BCUT2D eigenvalue weighted by atomic mass is 35.5. The summed E-state index contributed by atoms with van der Waals surface area (Å²) in [5, 5.41) is 22.4. The van der Waals surface area contributed by atoms with Gasteiger partial charge in [-0.1, -0.05) is 29.8 Å². The van der Waals surface area contributed by atoms with E-state index in [0.717, 1.165) is 31.5 Å². The molecule has 1 aliphatic heterocycles. The van der Waals surface area contributed by atoms with Gasteiger partial charge in [0, 0.05) is 30.6 Å². The first-order chi connectivity index (χ1) is 16.5. The predicted molar refractivity (Wildman–Crippen MR) is 127 cm³/mol. The lowest BCUT2D eigenvalue weighted by Gasteiger charge is -2.17. The fourth-order valence-electron chi connectivity index (χ4n) is 3.82. The number of rotatable bonds is 7. The van der Waals surface area contributed by atoms with Crippen molar-refractivity contribution in [2.75, 3.05) is 25.0 Å². The summed E-state index contributed by atoms with van der Waals surface area (Å²) in [6, 6.07) is 10.5. The number of nitrogens with zero attached hydrogens (tertiary/aromatic N) is 4. The zero-order valence-corrected chi connectivity index (χ0v) is 18.9. The first kappa shape index (κ1) is 23.4. The van der Waals surface area contributed by atoms with E-state index < -0.39 is 12.5 Å². The molecule has 1 saturated heterocycles. The van der Waals surface area contributed by atoms with Gasteiger partial charge in [-0.3, -0.25) is 25.3 Å². The number of anilines is 1. The highest BCUT2D eigenvalue weighted by molar-refractivity contribution is 6.34. The third kappa shape index (κ3) is 5.24. The van der Waals surface area contributed by atoms with Crippen LogP contribution in [0.5, 0.6) is 0 Å². The van der Waals surface area contributed by atoms with Crippen LogP contribution in [0, 0.1) is 0 Å². The van der Waals surface area contributed by atoms with Crippen molar-refractivity contribution in [2.45, 2.75) is 19.4 Å². The van der Waals surface area contributed by atoms with Gasteiger partial charge in [-0.2, -0.15) is 0 Å². The van der Waals surface area contributed by atoms with Crippen LogP contribution in [0.1, 0.15) is 34.3 Å². The summed E-state index contributed by atoms with van der Waals surface area (Å²) >= 11 is 6.47. The smallest absolute Gasteiger partial charge is 0.325 e. The van der Waals surface area contributed by atoms with Crippen molar-refractivity contribution in [1.29, 1.82) is 0 Å². The van der Waals surface area contributed by atoms with Gasteiger partial charge in [0.1, 0.15) is 18.7 Å². The maximum Gasteiger partial charge on any atom is 0.325 e. The van der Waals surface area contributed by atoms with Crippen LogP contribution in [-0.4, -0.2) is 62.5 Å². The van der Waals surface area contributed by atoms with E-state index in [1.165, 1.54) is 6.33 Å². The van der Waals surface area contributed by atoms with Gasteiger partial charge in [0.15, 0.2) is 5.84 Å². The van der Waals surface area contributed by atoms with Crippen LogP contribution in [0.25, 0.3) is 10.9 Å². The minimum absolute atomic E-state index is 0.0544. The number of amides is 1. The molecule has 2 aromatic carbocycles. The summed E-state index contributed by atoms with van der Waals surface area (Å²) in [6.07, 6.45) is 3.41. The van der Waals surface area contributed by atoms with Crippen molar-refractivity contribution in [3.63, 3.8) is 0 Å². The molecule has 0 bridgehead atoms. The van der Waals surface area contributed by atoms with Crippen molar-refractivity contribution < 1.29 is 19.9 Å². The van der Waals surface area contributed by atoms with E-state index in [1.807, 2.05) is 11.5 Å². The molecule has 1 aromatic heterocycles. The van der Waals surface area contributed by atoms with Gasteiger partial charge < -0.3 is 15.3 Å². The lowest BCUT2D eigenvalue weighted by Crippen LogP contribution is -2.27. The number of aliphatic carboxylic acids is 1. The quantitative estimate of drug-likeness (QED) is 0.229. The molecule has 1 amide bonds. The van der Waals surface area contributed by atoms with Crippen molar-refractivity contribution in [3.05, 3.63) is 64.4 Å². The fourth-order valence-corrected chi connectivity index (χ4v) is 4.07. The molecule has 0 radical (unpaired) electrons. The van der Waals surface area contributed by atoms with Crippen LogP contribution in [-0.2, 0) is 11.3 Å². The Kier molecular flexibility index (Phi) is 7.19. The van der Waals surface area contributed by atoms with Crippen LogP contribution < -0.4 is 10.8 Å². The van der Waals surface area contributed by atoms with E-state index in [1.54, 1.807) is 35.2 Å². The van der Waals surface area contributed by atoms with Crippen LogP contribution >= 0.6 is 11.6 Å². The molecule has 1 aliphatic rings. The second-order valence-corrected chi connectivity index (χ2v) is 8.20. The number of fused-ring (bicyclic) bond motifs is 1. The second kappa shape index (κ2) is 10.4. The molecule has 4 rings (SSSR count). The molecule has 0 unspecified atom stereocenters. The number of carboxylic acid groups (broad SMARTS) is 1. The number of aliphatic imine (C=N–C) groups is 1. The molecule has 2 heterocycles. The lowest BCUT2D eigenvalue weighted by atomic mass is 10.1. The Balaban J connectivity index is 1.55. The number of carboxylic acids is 1. The van der Waals surface area contributed by atoms with E-state index in [4.69, 9.17) is 16.7 Å². The maximum absolute atomic E-state index is 12.8. The molecule has 3 aromatic rings. The Morgan fingerprint density at radius 2 is 1.94 bits per heavy atom. The summed E-state index contributed by atoms with van der Waals surface area (Å²) in [5.41, 5.74) is 4.34. The predicted octanol–water partition coefficient (Wildman–Crippen LogP) is 2.94. The summed E-state index contributed by atoms with van der Waals surface area (Å²) in [5.74, 6) is -0.589. The van der Waals surface area contributed by atoms with Crippen LogP contribution in [0.3, 0.4) is 0 Å². The summed E-state index contributed by atoms with van der Waals surface area (Å²) in [7, 11) is 0. The Morgan fingerprint density at radius 1 is 1.15 bits per heavy atom. The third-order valence-corrected chi connectivity index (χ3v) is 5.80. The van der Waals surface area contributed by atoms with Gasteiger partial charge in [-0.15, -0.1) is 0 Å². The highest BCUT2D eigenvalue weighted by Crippen LogP contribution is 2.28. The summed E-state index contributed by atoms with van der Waals surface area (Å²) in [4.78, 5) is 37.9. The van der Waals surface area contributed by atoms with Gasteiger partial charge in [-0.25, -0.2) is 9.97 Å². The summed E-state index contributed by atoms with van der Waals surface area (Å²) in [6.45, 7) is 1.37. The number of hydrogen-bond donors (Lipinski definition) is 4. The molecule has 11 heteroatoms. The molecular weight excluding hydrogens is 460 g/mol. The standard InChI is InChI=1S/C23H23ClN6O4/c24-18-9-17-19(10-16(18)23(33)30-6-1-2-7-30)27-13-28-22(17)25-11-14-4-3-5-15(8-14)21(29-34)26-12-20(31)32/h3-5,8-10,13,34H,1-2,6-7,11-12H2,(H,26,29)(H,31,32)(H,25,27,28). The van der Waals surface area contributed by atoms with E-state index in [0.29, 0.717) is 39.4 Å². The molecule has 1 fully saturated rings. The number of hydrogen-bond acceptors (Lipinski definition) is 7. The molecule has 34 heavy (non-hydrogen) atoms. The number of nitrogens with one attached hydrogen (secondary N) is 2. The van der Waals surface area contributed by atoms with E-state index in [-0.39, 0.29) is 11.7 Å². The lowest BCUT2D eigenvalue weighted by molar-refractivity contribution is -0.135. The molecule has 4 N–H and O–H groups in total. The Morgan fingerprint density at radius 3 is 2.68 bits per heavy atom. The molecule has 0 atom stereocenters. The fraction of sp³-hybridized carbons (Fsp3) is 0.261. The highest BCUT2D eigenvalue weighted by Gasteiger charge is 2.22. The first-order valence-electron chi connectivity index (χ1n) is 10.7. The van der Waals surface area contributed by atoms with Gasteiger partial charge in [0.25, 0.3) is 5.91 Å². The molecule has 176 valence electrons. The summed E-state index contributed by atoms with van der Waals surface area (Å²) < 4.78 is 0. The number of halogens is 1. The van der Waals surface area contributed by atoms with Crippen LogP contribution in [0.2, 0.25) is 5.02 Å².